The second-order valence-electron chi connectivity index (χ2n) is 8.70. The van der Waals surface area contributed by atoms with Crippen LogP contribution in [0.4, 0.5) is 5.82 Å². The van der Waals surface area contributed by atoms with E-state index in [1.54, 1.807) is 4.57 Å². The Morgan fingerprint density at radius 2 is 1.85 bits per heavy atom. The van der Waals surface area contributed by atoms with Crippen molar-refractivity contribution in [3.05, 3.63) is 47.5 Å². The first-order valence-electron chi connectivity index (χ1n) is 11.5. The molecule has 1 fully saturated rings. The minimum absolute atomic E-state index is 0.254. The molecule has 0 bridgehead atoms. The van der Waals surface area contributed by atoms with Gasteiger partial charge >= 0.3 is 0 Å². The number of aliphatic hydroxyl groups is 2. The lowest BCUT2D eigenvalue weighted by Crippen LogP contribution is -2.41. The second kappa shape index (κ2) is 10.9. The molecule has 34 heavy (non-hydrogen) atoms. The number of benzene rings is 1. The van der Waals surface area contributed by atoms with Gasteiger partial charge in [-0.3, -0.25) is 4.57 Å². The highest BCUT2D eigenvalue weighted by molar-refractivity contribution is 6.30. The zero-order valence-electron chi connectivity index (χ0n) is 19.5. The van der Waals surface area contributed by atoms with E-state index in [4.69, 9.17) is 22.1 Å². The first kappa shape index (κ1) is 24.8. The Morgan fingerprint density at radius 1 is 1.09 bits per heavy atom. The van der Waals surface area contributed by atoms with E-state index < -0.39 is 24.5 Å². The zero-order valence-corrected chi connectivity index (χ0v) is 20.2. The molecule has 1 aliphatic rings. The third-order valence-corrected chi connectivity index (χ3v) is 6.62. The lowest BCUT2D eigenvalue weighted by Gasteiger charge is -2.26. The van der Waals surface area contributed by atoms with Gasteiger partial charge in [-0.2, -0.15) is 0 Å². The maximum absolute atomic E-state index is 10.7. The van der Waals surface area contributed by atoms with Gasteiger partial charge in [-0.1, -0.05) is 30.7 Å². The molecule has 0 unspecified atom stereocenters. The fourth-order valence-corrected chi connectivity index (χ4v) is 4.37. The van der Waals surface area contributed by atoms with E-state index >= 15 is 0 Å². The van der Waals surface area contributed by atoms with E-state index in [-0.39, 0.29) is 5.82 Å². The Kier molecular flexibility index (Phi) is 7.97. The van der Waals surface area contributed by atoms with E-state index in [1.165, 1.54) is 18.2 Å². The summed E-state index contributed by atoms with van der Waals surface area (Å²) >= 11 is 5.97. The van der Waals surface area contributed by atoms with Crippen LogP contribution < -0.4 is 5.73 Å². The minimum Gasteiger partial charge on any atom is -0.387 e. The molecule has 0 amide bonds. The summed E-state index contributed by atoms with van der Waals surface area (Å²) in [6.07, 6.45) is 0.299. The molecule has 0 saturated carbocycles. The Labute approximate surface area is 203 Å². The predicted molar refractivity (Wildman–Crippen MR) is 130 cm³/mol. The summed E-state index contributed by atoms with van der Waals surface area (Å²) in [6, 6.07) is 7.97. The Morgan fingerprint density at radius 3 is 2.59 bits per heavy atom. The number of hydrogen-bond acceptors (Lipinski definition) is 9. The van der Waals surface area contributed by atoms with E-state index in [0.29, 0.717) is 17.7 Å². The molecule has 4 rings (SSSR count). The first-order valence-corrected chi connectivity index (χ1v) is 11.8. The summed E-state index contributed by atoms with van der Waals surface area (Å²) in [6.45, 7) is 6.22. The van der Waals surface area contributed by atoms with Crippen molar-refractivity contribution in [1.82, 2.24) is 29.3 Å². The van der Waals surface area contributed by atoms with Crippen LogP contribution in [0.2, 0.25) is 5.02 Å². The number of halogens is 1. The third-order valence-electron chi connectivity index (χ3n) is 6.37. The van der Waals surface area contributed by atoms with Gasteiger partial charge in [-0.25, -0.2) is 15.0 Å². The smallest absolute Gasteiger partial charge is 0.167 e. The molecule has 2 aromatic heterocycles. The zero-order chi connectivity index (χ0) is 24.2. The van der Waals surface area contributed by atoms with Crippen molar-refractivity contribution < 1.29 is 14.9 Å². The summed E-state index contributed by atoms with van der Waals surface area (Å²) in [4.78, 5) is 16.9. The van der Waals surface area contributed by atoms with E-state index in [2.05, 4.69) is 43.8 Å². The largest absolute Gasteiger partial charge is 0.387 e. The topological polar surface area (TPSA) is 126 Å². The van der Waals surface area contributed by atoms with Gasteiger partial charge in [0.15, 0.2) is 17.7 Å². The number of imidazole rings is 1. The molecule has 1 aliphatic heterocycles. The summed E-state index contributed by atoms with van der Waals surface area (Å²) in [5.74, 6) is 0.254. The number of aliphatic hydroxyl groups excluding tert-OH is 2. The standard InChI is InChI=1S/C23H32ClN7O3/c1-3-30(9-8-15-4-6-16(24)7-5-15)11-10-29(2)12-17-19(32)20(33)23(34-17)31-14-28-18-21(25)26-13-27-22(18)31/h4-7,13-14,17,19-20,23,32-33H,3,8-12H2,1-2H3,(H2,25,26,27)/t17-,19-,20-,23-/m1/s1. The van der Waals surface area contributed by atoms with Gasteiger partial charge < -0.3 is 30.5 Å². The molecular formula is C23H32ClN7O3. The maximum atomic E-state index is 10.7. The average Bonchev–Trinajstić information content (AvgIpc) is 3.38. The quantitative estimate of drug-likeness (QED) is 0.384. The molecule has 1 saturated heterocycles. The number of nitrogens with two attached hydrogens (primary N) is 1. The lowest BCUT2D eigenvalue weighted by atomic mass is 10.1. The van der Waals surface area contributed by atoms with Gasteiger partial charge in [0.1, 0.15) is 30.2 Å². The minimum atomic E-state index is -1.11. The second-order valence-corrected chi connectivity index (χ2v) is 9.14. The van der Waals surface area contributed by atoms with Gasteiger partial charge in [-0.05, 0) is 37.7 Å². The Hall–Kier alpha value is -2.34. The fourth-order valence-electron chi connectivity index (χ4n) is 4.24. The number of aromatic nitrogens is 4. The highest BCUT2D eigenvalue weighted by Gasteiger charge is 2.44. The van der Waals surface area contributed by atoms with Gasteiger partial charge in [0.2, 0.25) is 0 Å². The summed E-state index contributed by atoms with van der Waals surface area (Å²) in [7, 11) is 1.99. The summed E-state index contributed by atoms with van der Waals surface area (Å²) < 4.78 is 7.65. The number of nitrogens with zero attached hydrogens (tertiary/aromatic N) is 6. The average molecular weight is 490 g/mol. The van der Waals surface area contributed by atoms with Gasteiger partial charge in [0, 0.05) is 31.2 Å². The van der Waals surface area contributed by atoms with Crippen molar-refractivity contribution in [2.45, 2.75) is 37.9 Å². The monoisotopic (exact) mass is 489 g/mol. The molecule has 184 valence electrons. The first-order chi connectivity index (χ1) is 16.4. The fraction of sp³-hybridized carbons (Fsp3) is 0.522. The van der Waals surface area contributed by atoms with Crippen molar-refractivity contribution >= 4 is 28.6 Å². The Bertz CT molecular complexity index is 1080. The summed E-state index contributed by atoms with van der Waals surface area (Å²) in [5.41, 5.74) is 8.01. The molecular weight excluding hydrogens is 458 g/mol. The number of fused-ring (bicyclic) bond motifs is 1. The number of rotatable bonds is 10. The molecule has 1 aromatic carbocycles. The highest BCUT2D eigenvalue weighted by Crippen LogP contribution is 2.32. The SMILES string of the molecule is CCN(CCc1ccc(Cl)cc1)CCN(C)C[C@H]1O[C@@H](n2cnc3c(N)ncnc32)[C@H](O)[C@@H]1O. The van der Waals surface area contributed by atoms with Gasteiger partial charge in [0.05, 0.1) is 6.33 Å². The van der Waals surface area contributed by atoms with E-state index in [0.717, 1.165) is 37.6 Å². The van der Waals surface area contributed by atoms with Crippen LogP contribution in [0.1, 0.15) is 18.7 Å². The van der Waals surface area contributed by atoms with Crippen LogP contribution in [0, 0.1) is 0 Å². The van der Waals surface area contributed by atoms with Gasteiger partial charge in [-0.15, -0.1) is 0 Å². The van der Waals surface area contributed by atoms with Crippen molar-refractivity contribution in [2.24, 2.45) is 0 Å². The molecule has 10 nitrogen and oxygen atoms in total. The van der Waals surface area contributed by atoms with Crippen molar-refractivity contribution in [3.8, 4) is 0 Å². The van der Waals surface area contributed by atoms with E-state index in [1.807, 2.05) is 19.2 Å². The number of anilines is 1. The van der Waals surface area contributed by atoms with Crippen LogP contribution in [-0.2, 0) is 11.2 Å². The third kappa shape index (κ3) is 5.48. The van der Waals surface area contributed by atoms with Gasteiger partial charge in [0.25, 0.3) is 0 Å². The Balaban J connectivity index is 1.30. The predicted octanol–water partition coefficient (Wildman–Crippen LogP) is 1.18. The molecule has 0 aliphatic carbocycles. The van der Waals surface area contributed by atoms with Crippen LogP contribution in [0.5, 0.6) is 0 Å². The summed E-state index contributed by atoms with van der Waals surface area (Å²) in [5, 5.41) is 22.1. The molecule has 4 atom stereocenters. The normalized spacial score (nSPS) is 22.9. The van der Waals surface area contributed by atoms with Crippen molar-refractivity contribution in [2.75, 3.05) is 45.5 Å². The maximum Gasteiger partial charge on any atom is 0.167 e. The van der Waals surface area contributed by atoms with Crippen LogP contribution in [-0.4, -0.2) is 97.6 Å². The molecule has 0 radical (unpaired) electrons. The number of nitrogen functional groups attached to an aromatic ring is 1. The number of likely N-dealkylation sites (N-methyl/N-ethyl adjacent to an activating group) is 2. The number of ether oxygens (including phenoxy) is 1. The molecule has 0 spiro atoms. The van der Waals surface area contributed by atoms with E-state index in [9.17, 15) is 10.2 Å². The van der Waals surface area contributed by atoms with Crippen LogP contribution >= 0.6 is 11.6 Å². The van der Waals surface area contributed by atoms with Crippen molar-refractivity contribution in [3.63, 3.8) is 0 Å². The van der Waals surface area contributed by atoms with Crippen LogP contribution in [0.3, 0.4) is 0 Å². The molecule has 4 N–H and O–H groups in total. The molecule has 11 heteroatoms. The van der Waals surface area contributed by atoms with Crippen LogP contribution in [0.15, 0.2) is 36.9 Å². The lowest BCUT2D eigenvalue weighted by molar-refractivity contribution is -0.0425. The van der Waals surface area contributed by atoms with Crippen LogP contribution in [0.25, 0.3) is 11.2 Å². The highest BCUT2D eigenvalue weighted by atomic mass is 35.5. The molecule has 3 aromatic rings. The van der Waals surface area contributed by atoms with Crippen molar-refractivity contribution in [1.29, 1.82) is 0 Å². The molecule has 3 heterocycles. The number of hydrogen-bond donors (Lipinski definition) is 3.